The molecule has 4 rings (SSSR count). The molecule has 0 aliphatic carbocycles. The summed E-state index contributed by atoms with van der Waals surface area (Å²) in [6.45, 7) is 0. The van der Waals surface area contributed by atoms with Crippen molar-refractivity contribution >= 4 is 22.9 Å². The number of H-pyrrole nitrogens is 1. The topological polar surface area (TPSA) is 61.3 Å². The number of aromatic nitrogens is 2. The van der Waals surface area contributed by atoms with E-state index in [-0.39, 0.29) is 5.75 Å². The molecule has 0 saturated carbocycles. The molecule has 0 unspecified atom stereocenters. The molecule has 0 bridgehead atoms. The van der Waals surface area contributed by atoms with Gasteiger partial charge in [0.1, 0.15) is 11.6 Å². The molecule has 2 N–H and O–H groups in total. The number of nitrogens with zero attached hydrogens (tertiary/aromatic N) is 2. The average molecular weight is 313 g/mol. The lowest BCUT2D eigenvalue weighted by Gasteiger charge is -2.00. The van der Waals surface area contributed by atoms with E-state index in [2.05, 4.69) is 15.0 Å². The number of para-hydroxylation sites is 3. The first-order valence-electron chi connectivity index (χ1n) is 7.67. The lowest BCUT2D eigenvalue weighted by Crippen LogP contribution is -1.82. The van der Waals surface area contributed by atoms with Gasteiger partial charge in [-0.25, -0.2) is 4.98 Å². The van der Waals surface area contributed by atoms with Crippen molar-refractivity contribution in [1.29, 1.82) is 0 Å². The van der Waals surface area contributed by atoms with E-state index in [4.69, 9.17) is 0 Å². The van der Waals surface area contributed by atoms with Crippen LogP contribution in [-0.4, -0.2) is 21.3 Å². The van der Waals surface area contributed by atoms with Gasteiger partial charge in [-0.15, -0.1) is 0 Å². The molecule has 4 aromatic rings. The van der Waals surface area contributed by atoms with E-state index >= 15 is 0 Å². The summed E-state index contributed by atoms with van der Waals surface area (Å²) in [5.41, 5.74) is 4.41. The van der Waals surface area contributed by atoms with Crippen molar-refractivity contribution in [2.75, 3.05) is 0 Å². The lowest BCUT2D eigenvalue weighted by molar-refractivity contribution is 0.474. The first kappa shape index (κ1) is 14.2. The molecule has 0 amide bonds. The summed E-state index contributed by atoms with van der Waals surface area (Å²) in [7, 11) is 0. The average Bonchev–Trinajstić information content (AvgIpc) is 3.06. The van der Waals surface area contributed by atoms with E-state index < -0.39 is 0 Å². The predicted octanol–water partition coefficient (Wildman–Crippen LogP) is 4.69. The third-order valence-electron chi connectivity index (χ3n) is 3.80. The van der Waals surface area contributed by atoms with Crippen LogP contribution in [0.2, 0.25) is 0 Å². The zero-order valence-electron chi connectivity index (χ0n) is 12.8. The Balaban J connectivity index is 1.67. The first-order valence-corrected chi connectivity index (χ1v) is 7.67. The molecule has 0 fully saturated rings. The summed E-state index contributed by atoms with van der Waals surface area (Å²) in [6.07, 6.45) is 1.66. The molecule has 0 aliphatic rings. The number of aromatic amines is 1. The van der Waals surface area contributed by atoms with E-state index in [0.29, 0.717) is 5.56 Å². The normalized spacial score (nSPS) is 11.3. The Bertz CT molecular complexity index is 1000. The largest absolute Gasteiger partial charge is 0.507 e. The highest BCUT2D eigenvalue weighted by Crippen LogP contribution is 2.24. The monoisotopic (exact) mass is 313 g/mol. The SMILES string of the molecule is Oc1ccccc1C=Nc1cccc(-c2nc3ccccc3[nH]2)c1. The quantitative estimate of drug-likeness (QED) is 0.539. The van der Waals surface area contributed by atoms with Gasteiger partial charge in [-0.3, -0.25) is 4.99 Å². The van der Waals surface area contributed by atoms with Gasteiger partial charge in [-0.2, -0.15) is 0 Å². The molecular formula is C20H15N3O. The zero-order chi connectivity index (χ0) is 16.4. The number of imidazole rings is 1. The van der Waals surface area contributed by atoms with Crippen molar-refractivity contribution in [3.05, 3.63) is 78.4 Å². The van der Waals surface area contributed by atoms with Gasteiger partial charge in [0.2, 0.25) is 0 Å². The van der Waals surface area contributed by atoms with Gasteiger partial charge in [-0.05, 0) is 36.4 Å². The molecule has 1 heterocycles. The lowest BCUT2D eigenvalue weighted by atomic mass is 10.2. The molecule has 1 aromatic heterocycles. The summed E-state index contributed by atoms with van der Waals surface area (Å²) in [5, 5.41) is 9.80. The minimum absolute atomic E-state index is 0.217. The maximum absolute atomic E-state index is 9.80. The molecule has 0 aliphatic heterocycles. The Labute approximate surface area is 139 Å². The van der Waals surface area contributed by atoms with Crippen LogP contribution in [0.15, 0.2) is 77.8 Å². The number of phenols is 1. The summed E-state index contributed by atoms with van der Waals surface area (Å²) in [4.78, 5) is 12.4. The summed E-state index contributed by atoms with van der Waals surface area (Å²) in [5.74, 6) is 1.03. The number of benzene rings is 3. The van der Waals surface area contributed by atoms with E-state index in [9.17, 15) is 5.11 Å². The fraction of sp³-hybridized carbons (Fsp3) is 0. The second kappa shape index (κ2) is 6.01. The molecule has 0 spiro atoms. The van der Waals surface area contributed by atoms with Crippen LogP contribution in [0.5, 0.6) is 5.75 Å². The maximum Gasteiger partial charge on any atom is 0.138 e. The maximum atomic E-state index is 9.80. The van der Waals surface area contributed by atoms with Crippen molar-refractivity contribution in [3.63, 3.8) is 0 Å². The summed E-state index contributed by atoms with van der Waals surface area (Å²) < 4.78 is 0. The number of aliphatic imine (C=N–C) groups is 1. The van der Waals surface area contributed by atoms with Crippen molar-refractivity contribution in [3.8, 4) is 17.1 Å². The van der Waals surface area contributed by atoms with E-state index in [0.717, 1.165) is 28.1 Å². The first-order chi connectivity index (χ1) is 11.8. The Kier molecular flexibility index (Phi) is 3.56. The Morgan fingerprint density at radius 2 is 1.75 bits per heavy atom. The van der Waals surface area contributed by atoms with Crippen molar-refractivity contribution in [2.45, 2.75) is 0 Å². The van der Waals surface area contributed by atoms with Gasteiger partial charge in [0.15, 0.2) is 0 Å². The molecular weight excluding hydrogens is 298 g/mol. The Hall–Kier alpha value is -3.40. The fourth-order valence-electron chi connectivity index (χ4n) is 2.56. The minimum atomic E-state index is 0.217. The van der Waals surface area contributed by atoms with Crippen LogP contribution in [0.1, 0.15) is 5.56 Å². The highest BCUT2D eigenvalue weighted by Gasteiger charge is 2.05. The number of aromatic hydroxyl groups is 1. The third kappa shape index (κ3) is 2.77. The van der Waals surface area contributed by atoms with Crippen LogP contribution in [0, 0.1) is 0 Å². The second-order valence-electron chi connectivity index (χ2n) is 5.47. The van der Waals surface area contributed by atoms with Crippen molar-refractivity contribution < 1.29 is 5.11 Å². The molecule has 3 aromatic carbocycles. The van der Waals surface area contributed by atoms with Gasteiger partial charge in [0, 0.05) is 17.3 Å². The molecule has 0 atom stereocenters. The van der Waals surface area contributed by atoms with Crippen LogP contribution >= 0.6 is 0 Å². The van der Waals surface area contributed by atoms with Crippen LogP contribution < -0.4 is 0 Å². The van der Waals surface area contributed by atoms with Gasteiger partial charge in [-0.1, -0.05) is 36.4 Å². The molecule has 24 heavy (non-hydrogen) atoms. The highest BCUT2D eigenvalue weighted by molar-refractivity contribution is 5.85. The third-order valence-corrected chi connectivity index (χ3v) is 3.80. The van der Waals surface area contributed by atoms with Crippen LogP contribution in [0.3, 0.4) is 0 Å². The van der Waals surface area contributed by atoms with Gasteiger partial charge in [0.05, 0.1) is 16.7 Å². The van der Waals surface area contributed by atoms with E-state index in [1.165, 1.54) is 0 Å². The number of rotatable bonds is 3. The Morgan fingerprint density at radius 3 is 2.62 bits per heavy atom. The number of hydrogen-bond donors (Lipinski definition) is 2. The van der Waals surface area contributed by atoms with Gasteiger partial charge < -0.3 is 10.1 Å². The van der Waals surface area contributed by atoms with Crippen molar-refractivity contribution in [2.24, 2.45) is 4.99 Å². The van der Waals surface area contributed by atoms with Gasteiger partial charge >= 0.3 is 0 Å². The summed E-state index contributed by atoms with van der Waals surface area (Å²) >= 11 is 0. The number of nitrogens with one attached hydrogen (secondary N) is 1. The molecule has 0 saturated heterocycles. The molecule has 4 heteroatoms. The van der Waals surface area contributed by atoms with Crippen LogP contribution in [-0.2, 0) is 0 Å². The number of hydrogen-bond acceptors (Lipinski definition) is 3. The fourth-order valence-corrected chi connectivity index (χ4v) is 2.56. The minimum Gasteiger partial charge on any atom is -0.507 e. The molecule has 116 valence electrons. The second-order valence-corrected chi connectivity index (χ2v) is 5.47. The van der Waals surface area contributed by atoms with E-state index in [1.807, 2.05) is 60.7 Å². The Morgan fingerprint density at radius 1 is 0.917 bits per heavy atom. The summed E-state index contributed by atoms with van der Waals surface area (Å²) in [6, 6.07) is 22.9. The standard InChI is InChI=1S/C20H15N3O/c24-19-11-4-1-6-15(19)13-21-16-8-5-7-14(12-16)20-22-17-9-2-3-10-18(17)23-20/h1-13,24H,(H,22,23). The van der Waals surface area contributed by atoms with Crippen LogP contribution in [0.25, 0.3) is 22.4 Å². The van der Waals surface area contributed by atoms with Gasteiger partial charge in [0.25, 0.3) is 0 Å². The highest BCUT2D eigenvalue weighted by atomic mass is 16.3. The zero-order valence-corrected chi connectivity index (χ0v) is 12.8. The smallest absolute Gasteiger partial charge is 0.138 e. The number of phenolic OH excluding ortho intramolecular Hbond substituents is 1. The van der Waals surface area contributed by atoms with Crippen LogP contribution in [0.4, 0.5) is 5.69 Å². The molecule has 0 radical (unpaired) electrons. The number of fused-ring (bicyclic) bond motifs is 1. The predicted molar refractivity (Wildman–Crippen MR) is 96.9 cm³/mol. The molecule has 4 nitrogen and oxygen atoms in total. The van der Waals surface area contributed by atoms with Crippen molar-refractivity contribution in [1.82, 2.24) is 9.97 Å². The van der Waals surface area contributed by atoms with E-state index in [1.54, 1.807) is 18.3 Å².